The Balaban J connectivity index is 2.21. The zero-order valence-electron chi connectivity index (χ0n) is 9.64. The number of hydrogen-bond donors (Lipinski definition) is 2. The van der Waals surface area contributed by atoms with Gasteiger partial charge in [0.2, 0.25) is 0 Å². The highest BCUT2D eigenvalue weighted by atomic mass is 79.9. The SMILES string of the molecule is Cc1cncc(C(=O)Nc2ncc(N)cc2Br)c1. The van der Waals surface area contributed by atoms with Crippen LogP contribution in [0.15, 0.2) is 35.2 Å². The van der Waals surface area contributed by atoms with Gasteiger partial charge >= 0.3 is 0 Å². The Labute approximate surface area is 113 Å². The van der Waals surface area contributed by atoms with Crippen LogP contribution in [-0.2, 0) is 0 Å². The molecule has 0 radical (unpaired) electrons. The van der Waals surface area contributed by atoms with E-state index in [2.05, 4.69) is 31.2 Å². The Morgan fingerprint density at radius 1 is 1.33 bits per heavy atom. The van der Waals surface area contributed by atoms with Gasteiger partial charge in [-0.3, -0.25) is 9.78 Å². The standard InChI is InChI=1S/C12H11BrN4O/c1-7-2-8(5-15-4-7)12(18)17-11-10(13)3-9(14)6-16-11/h2-6H,14H2,1H3,(H,16,17,18). The fourth-order valence-electron chi connectivity index (χ4n) is 1.40. The fourth-order valence-corrected chi connectivity index (χ4v) is 1.87. The van der Waals surface area contributed by atoms with E-state index in [1.165, 1.54) is 12.4 Å². The molecule has 6 heteroatoms. The van der Waals surface area contributed by atoms with E-state index in [0.717, 1.165) is 5.56 Å². The highest BCUT2D eigenvalue weighted by Crippen LogP contribution is 2.22. The summed E-state index contributed by atoms with van der Waals surface area (Å²) in [6.45, 7) is 1.88. The monoisotopic (exact) mass is 306 g/mol. The zero-order chi connectivity index (χ0) is 13.1. The summed E-state index contributed by atoms with van der Waals surface area (Å²) >= 11 is 3.29. The van der Waals surface area contributed by atoms with E-state index in [-0.39, 0.29) is 5.91 Å². The number of halogens is 1. The molecular weight excluding hydrogens is 296 g/mol. The molecule has 0 aromatic carbocycles. The molecule has 92 valence electrons. The van der Waals surface area contributed by atoms with Crippen molar-refractivity contribution in [1.29, 1.82) is 0 Å². The molecule has 5 nitrogen and oxygen atoms in total. The molecule has 0 unspecified atom stereocenters. The summed E-state index contributed by atoms with van der Waals surface area (Å²) in [5.74, 6) is 0.167. The number of nitrogens with two attached hydrogens (primary N) is 1. The van der Waals surface area contributed by atoms with Crippen molar-refractivity contribution in [3.8, 4) is 0 Å². The van der Waals surface area contributed by atoms with E-state index in [1.807, 2.05) is 6.92 Å². The summed E-state index contributed by atoms with van der Waals surface area (Å²) in [4.78, 5) is 20.0. The first kappa shape index (κ1) is 12.5. The van der Waals surface area contributed by atoms with E-state index in [4.69, 9.17) is 5.73 Å². The van der Waals surface area contributed by atoms with Crippen molar-refractivity contribution in [3.63, 3.8) is 0 Å². The van der Waals surface area contributed by atoms with E-state index in [9.17, 15) is 4.79 Å². The van der Waals surface area contributed by atoms with Gasteiger partial charge in [-0.15, -0.1) is 0 Å². The third-order valence-electron chi connectivity index (χ3n) is 2.23. The van der Waals surface area contributed by atoms with Crippen LogP contribution in [-0.4, -0.2) is 15.9 Å². The van der Waals surface area contributed by atoms with Crippen molar-refractivity contribution in [2.24, 2.45) is 0 Å². The Bertz CT molecular complexity index is 600. The first-order valence-corrected chi connectivity index (χ1v) is 5.99. The summed E-state index contributed by atoms with van der Waals surface area (Å²) < 4.78 is 0.636. The average molecular weight is 307 g/mol. The number of anilines is 2. The minimum absolute atomic E-state index is 0.260. The number of aromatic nitrogens is 2. The third-order valence-corrected chi connectivity index (χ3v) is 2.84. The molecule has 0 aliphatic heterocycles. The summed E-state index contributed by atoms with van der Waals surface area (Å²) in [5, 5.41) is 2.69. The highest BCUT2D eigenvalue weighted by molar-refractivity contribution is 9.10. The van der Waals surface area contributed by atoms with Crippen molar-refractivity contribution in [3.05, 3.63) is 46.3 Å². The highest BCUT2D eigenvalue weighted by Gasteiger charge is 2.10. The maximum Gasteiger partial charge on any atom is 0.258 e. The molecule has 0 saturated carbocycles. The predicted molar refractivity (Wildman–Crippen MR) is 73.3 cm³/mol. The molecule has 18 heavy (non-hydrogen) atoms. The molecule has 0 aliphatic carbocycles. The van der Waals surface area contributed by atoms with Crippen LogP contribution in [0.2, 0.25) is 0 Å². The second kappa shape index (κ2) is 5.14. The van der Waals surface area contributed by atoms with Crippen LogP contribution in [0.3, 0.4) is 0 Å². The number of nitrogens with one attached hydrogen (secondary N) is 1. The van der Waals surface area contributed by atoms with Crippen LogP contribution in [0.5, 0.6) is 0 Å². The topological polar surface area (TPSA) is 80.9 Å². The van der Waals surface area contributed by atoms with Gasteiger partial charge in [-0.1, -0.05) is 0 Å². The zero-order valence-corrected chi connectivity index (χ0v) is 11.2. The summed E-state index contributed by atoms with van der Waals surface area (Å²) in [5.41, 5.74) is 7.51. The van der Waals surface area contributed by atoms with E-state index in [0.29, 0.717) is 21.5 Å². The number of amides is 1. The number of rotatable bonds is 2. The number of carbonyl (C=O) groups is 1. The summed E-state index contributed by atoms with van der Waals surface area (Å²) in [6.07, 6.45) is 4.68. The van der Waals surface area contributed by atoms with Gasteiger partial charge in [-0.05, 0) is 40.5 Å². The second-order valence-electron chi connectivity index (χ2n) is 3.80. The quantitative estimate of drug-likeness (QED) is 0.892. The van der Waals surface area contributed by atoms with Crippen molar-refractivity contribution < 1.29 is 4.79 Å². The van der Waals surface area contributed by atoms with Gasteiger partial charge in [-0.25, -0.2) is 4.98 Å². The third kappa shape index (κ3) is 2.84. The van der Waals surface area contributed by atoms with Crippen molar-refractivity contribution >= 4 is 33.3 Å². The van der Waals surface area contributed by atoms with Gasteiger partial charge in [0, 0.05) is 12.4 Å². The first-order valence-electron chi connectivity index (χ1n) is 5.20. The Morgan fingerprint density at radius 3 is 2.78 bits per heavy atom. The lowest BCUT2D eigenvalue weighted by Crippen LogP contribution is -2.14. The average Bonchev–Trinajstić information content (AvgIpc) is 2.32. The van der Waals surface area contributed by atoms with Gasteiger partial charge in [0.1, 0.15) is 5.82 Å². The van der Waals surface area contributed by atoms with Gasteiger partial charge in [0.05, 0.1) is 21.9 Å². The smallest absolute Gasteiger partial charge is 0.258 e. The van der Waals surface area contributed by atoms with E-state index >= 15 is 0 Å². The molecule has 0 saturated heterocycles. The molecule has 2 heterocycles. The van der Waals surface area contributed by atoms with Gasteiger partial charge in [-0.2, -0.15) is 0 Å². The predicted octanol–water partition coefficient (Wildman–Crippen LogP) is 2.38. The Morgan fingerprint density at radius 2 is 2.11 bits per heavy atom. The van der Waals surface area contributed by atoms with Crippen LogP contribution in [0.4, 0.5) is 11.5 Å². The first-order chi connectivity index (χ1) is 8.56. The molecule has 0 spiro atoms. The minimum atomic E-state index is -0.260. The molecule has 2 aromatic rings. The van der Waals surface area contributed by atoms with Crippen LogP contribution >= 0.6 is 15.9 Å². The molecule has 2 rings (SSSR count). The van der Waals surface area contributed by atoms with Crippen LogP contribution < -0.4 is 11.1 Å². The number of nitrogens with zero attached hydrogens (tertiary/aromatic N) is 2. The van der Waals surface area contributed by atoms with Crippen LogP contribution in [0.25, 0.3) is 0 Å². The Hall–Kier alpha value is -1.95. The normalized spacial score (nSPS) is 10.1. The molecule has 2 aromatic heterocycles. The van der Waals surface area contributed by atoms with Crippen LogP contribution in [0, 0.1) is 6.92 Å². The van der Waals surface area contributed by atoms with Gasteiger partial charge in [0.15, 0.2) is 0 Å². The number of aryl methyl sites for hydroxylation is 1. The number of nitrogen functional groups attached to an aromatic ring is 1. The van der Waals surface area contributed by atoms with Crippen LogP contribution in [0.1, 0.15) is 15.9 Å². The number of pyridine rings is 2. The maximum atomic E-state index is 12.0. The molecule has 0 fully saturated rings. The molecule has 0 atom stereocenters. The lowest BCUT2D eigenvalue weighted by Gasteiger charge is -2.07. The largest absolute Gasteiger partial charge is 0.397 e. The lowest BCUT2D eigenvalue weighted by molar-refractivity contribution is 0.102. The van der Waals surface area contributed by atoms with E-state index < -0.39 is 0 Å². The summed E-state index contributed by atoms with van der Waals surface area (Å²) in [7, 11) is 0. The molecule has 3 N–H and O–H groups in total. The Kier molecular flexibility index (Phi) is 3.57. The lowest BCUT2D eigenvalue weighted by atomic mass is 10.2. The minimum Gasteiger partial charge on any atom is -0.397 e. The second-order valence-corrected chi connectivity index (χ2v) is 4.66. The number of hydrogen-bond acceptors (Lipinski definition) is 4. The molecule has 0 bridgehead atoms. The van der Waals surface area contributed by atoms with Gasteiger partial charge < -0.3 is 11.1 Å². The molecule has 1 amide bonds. The maximum absolute atomic E-state index is 12.0. The number of carbonyl (C=O) groups excluding carboxylic acids is 1. The van der Waals surface area contributed by atoms with E-state index in [1.54, 1.807) is 18.3 Å². The summed E-state index contributed by atoms with van der Waals surface area (Å²) in [6, 6.07) is 3.44. The molecular formula is C12H11BrN4O. The van der Waals surface area contributed by atoms with Crippen molar-refractivity contribution in [2.75, 3.05) is 11.1 Å². The van der Waals surface area contributed by atoms with Crippen molar-refractivity contribution in [2.45, 2.75) is 6.92 Å². The molecule has 0 aliphatic rings. The van der Waals surface area contributed by atoms with Crippen molar-refractivity contribution in [1.82, 2.24) is 9.97 Å². The van der Waals surface area contributed by atoms with Gasteiger partial charge in [0.25, 0.3) is 5.91 Å². The fraction of sp³-hybridized carbons (Fsp3) is 0.0833.